The quantitative estimate of drug-likeness (QED) is 0.800. The number of aromatic nitrogens is 2. The lowest BCUT2D eigenvalue weighted by molar-refractivity contribution is 0.462. The zero-order valence-corrected chi connectivity index (χ0v) is 11.7. The van der Waals surface area contributed by atoms with Gasteiger partial charge < -0.3 is 5.73 Å². The van der Waals surface area contributed by atoms with E-state index >= 15 is 0 Å². The summed E-state index contributed by atoms with van der Waals surface area (Å²) in [5, 5.41) is 4.10. The first-order valence-corrected chi connectivity index (χ1v) is 6.83. The second kappa shape index (κ2) is 4.40. The van der Waals surface area contributed by atoms with Crippen LogP contribution in [0.2, 0.25) is 0 Å². The highest BCUT2D eigenvalue weighted by molar-refractivity contribution is 7.89. The maximum Gasteiger partial charge on any atom is 0.244 e. The molecule has 1 aromatic rings. The number of nitrogens with one attached hydrogen (secondary N) is 1. The van der Waals surface area contributed by atoms with Crippen molar-refractivity contribution in [3.05, 3.63) is 11.4 Å². The van der Waals surface area contributed by atoms with Crippen LogP contribution in [-0.2, 0) is 17.1 Å². The molecule has 0 saturated carbocycles. The van der Waals surface area contributed by atoms with Gasteiger partial charge in [0.2, 0.25) is 10.0 Å². The molecule has 0 fully saturated rings. The van der Waals surface area contributed by atoms with Gasteiger partial charge in [0.1, 0.15) is 4.90 Å². The van der Waals surface area contributed by atoms with Crippen LogP contribution in [0.5, 0.6) is 0 Å². The van der Waals surface area contributed by atoms with Crippen LogP contribution >= 0.6 is 0 Å². The fourth-order valence-corrected chi connectivity index (χ4v) is 3.46. The molecule has 0 spiro atoms. The van der Waals surface area contributed by atoms with Gasteiger partial charge in [0.15, 0.2) is 0 Å². The number of nitrogens with two attached hydrogens (primary N) is 1. The monoisotopic (exact) mass is 260 g/mol. The Balaban J connectivity index is 3.23. The maximum absolute atomic E-state index is 12.2. The van der Waals surface area contributed by atoms with Gasteiger partial charge in [0, 0.05) is 19.1 Å². The topological polar surface area (TPSA) is 90.0 Å². The lowest BCUT2D eigenvalue weighted by Gasteiger charge is -2.23. The molecule has 0 aliphatic heterocycles. The second-order valence-electron chi connectivity index (χ2n) is 4.82. The van der Waals surface area contributed by atoms with Crippen LogP contribution in [0.15, 0.2) is 4.90 Å². The van der Waals surface area contributed by atoms with Crippen molar-refractivity contribution in [1.82, 2.24) is 14.5 Å². The van der Waals surface area contributed by atoms with Gasteiger partial charge >= 0.3 is 0 Å². The summed E-state index contributed by atoms with van der Waals surface area (Å²) < 4.78 is 28.6. The van der Waals surface area contributed by atoms with E-state index in [1.54, 1.807) is 39.4 Å². The van der Waals surface area contributed by atoms with Crippen LogP contribution in [0, 0.1) is 13.8 Å². The maximum atomic E-state index is 12.2. The molecule has 0 aliphatic rings. The van der Waals surface area contributed by atoms with Crippen LogP contribution < -0.4 is 10.5 Å². The molecule has 1 aromatic heterocycles. The number of hydrogen-bond donors (Lipinski definition) is 2. The highest BCUT2D eigenvalue weighted by atomic mass is 32.2. The fourth-order valence-electron chi connectivity index (χ4n) is 1.60. The summed E-state index contributed by atoms with van der Waals surface area (Å²) in [7, 11) is -1.87. The zero-order chi connectivity index (χ0) is 13.4. The van der Waals surface area contributed by atoms with Crippen molar-refractivity contribution in [3.8, 4) is 0 Å². The van der Waals surface area contributed by atoms with Gasteiger partial charge in [0.25, 0.3) is 0 Å². The molecule has 6 nitrogen and oxygen atoms in total. The molecule has 98 valence electrons. The molecule has 1 rings (SSSR count). The van der Waals surface area contributed by atoms with E-state index in [0.717, 1.165) is 0 Å². The summed E-state index contributed by atoms with van der Waals surface area (Å²) in [5.41, 5.74) is 5.96. The molecule has 1 heterocycles. The number of nitrogens with zero attached hydrogens (tertiary/aromatic N) is 2. The summed E-state index contributed by atoms with van der Waals surface area (Å²) >= 11 is 0. The molecule has 3 N–H and O–H groups in total. The lowest BCUT2D eigenvalue weighted by atomic mass is 10.1. The van der Waals surface area contributed by atoms with Gasteiger partial charge in [-0.25, -0.2) is 13.1 Å². The van der Waals surface area contributed by atoms with E-state index in [9.17, 15) is 8.42 Å². The average Bonchev–Trinajstić information content (AvgIpc) is 2.39. The van der Waals surface area contributed by atoms with E-state index in [2.05, 4.69) is 9.82 Å². The van der Waals surface area contributed by atoms with Gasteiger partial charge in [-0.15, -0.1) is 0 Å². The van der Waals surface area contributed by atoms with E-state index in [1.807, 2.05) is 0 Å². The van der Waals surface area contributed by atoms with Crippen LogP contribution in [0.1, 0.15) is 25.2 Å². The molecule has 0 saturated heterocycles. The molecule has 17 heavy (non-hydrogen) atoms. The van der Waals surface area contributed by atoms with Crippen molar-refractivity contribution in [2.45, 2.75) is 38.1 Å². The van der Waals surface area contributed by atoms with E-state index < -0.39 is 15.6 Å². The minimum atomic E-state index is -3.58. The van der Waals surface area contributed by atoms with Gasteiger partial charge in [-0.05, 0) is 27.7 Å². The first kappa shape index (κ1) is 14.1. The third-order valence-electron chi connectivity index (χ3n) is 2.63. The lowest BCUT2D eigenvalue weighted by Crippen LogP contribution is -2.48. The molecule has 0 aromatic carbocycles. The molecule has 0 unspecified atom stereocenters. The first-order valence-electron chi connectivity index (χ1n) is 5.35. The van der Waals surface area contributed by atoms with Crippen molar-refractivity contribution in [2.75, 3.05) is 6.54 Å². The Kier molecular flexibility index (Phi) is 3.66. The van der Waals surface area contributed by atoms with Crippen molar-refractivity contribution < 1.29 is 8.42 Å². The molecular formula is C10H20N4O2S. The third kappa shape index (κ3) is 2.85. The SMILES string of the molecule is Cc1nn(C)c(C)c1S(=O)(=O)NC(C)(C)CN. The Morgan fingerprint density at radius 2 is 1.94 bits per heavy atom. The van der Waals surface area contributed by atoms with Crippen LogP contribution in [0.25, 0.3) is 0 Å². The Hall–Kier alpha value is -0.920. The molecular weight excluding hydrogens is 240 g/mol. The predicted octanol–water partition coefficient (Wildman–Crippen LogP) is 0.0525. The highest BCUT2D eigenvalue weighted by Crippen LogP contribution is 2.20. The van der Waals surface area contributed by atoms with Crippen LogP contribution in [0.3, 0.4) is 0 Å². The molecule has 0 atom stereocenters. The molecule has 7 heteroatoms. The second-order valence-corrected chi connectivity index (χ2v) is 6.44. The van der Waals surface area contributed by atoms with E-state index in [4.69, 9.17) is 5.73 Å². The van der Waals surface area contributed by atoms with Gasteiger partial charge in [-0.1, -0.05) is 0 Å². The van der Waals surface area contributed by atoms with Crippen molar-refractivity contribution >= 4 is 10.0 Å². The van der Waals surface area contributed by atoms with E-state index in [0.29, 0.717) is 11.4 Å². The van der Waals surface area contributed by atoms with E-state index in [-0.39, 0.29) is 11.4 Å². The smallest absolute Gasteiger partial charge is 0.244 e. The first-order chi connectivity index (χ1) is 7.60. The highest BCUT2D eigenvalue weighted by Gasteiger charge is 2.29. The number of sulfonamides is 1. The minimum absolute atomic E-state index is 0.227. The predicted molar refractivity (Wildman–Crippen MR) is 66.1 cm³/mol. The summed E-state index contributed by atoms with van der Waals surface area (Å²) in [6, 6.07) is 0. The molecule has 0 amide bonds. The van der Waals surface area contributed by atoms with Crippen molar-refractivity contribution in [1.29, 1.82) is 0 Å². The number of hydrogen-bond acceptors (Lipinski definition) is 4. The molecule has 0 aliphatic carbocycles. The van der Waals surface area contributed by atoms with Gasteiger partial charge in [-0.3, -0.25) is 4.68 Å². The summed E-state index contributed by atoms with van der Waals surface area (Å²) in [6.45, 7) is 7.11. The van der Waals surface area contributed by atoms with E-state index in [1.165, 1.54) is 0 Å². The Labute approximate surface area is 102 Å². The van der Waals surface area contributed by atoms with Gasteiger partial charge in [0.05, 0.1) is 11.4 Å². The Morgan fingerprint density at radius 1 is 1.41 bits per heavy atom. The molecule has 0 bridgehead atoms. The fraction of sp³-hybridized carbons (Fsp3) is 0.700. The van der Waals surface area contributed by atoms with Crippen molar-refractivity contribution in [3.63, 3.8) is 0 Å². The van der Waals surface area contributed by atoms with Crippen LogP contribution in [-0.4, -0.2) is 30.3 Å². The molecule has 0 radical (unpaired) electrons. The average molecular weight is 260 g/mol. The standard InChI is InChI=1S/C10H20N4O2S/c1-7-9(8(2)14(5)12-7)17(15,16)13-10(3,4)6-11/h13H,6,11H2,1-5H3. The largest absolute Gasteiger partial charge is 0.329 e. The Morgan fingerprint density at radius 3 is 2.29 bits per heavy atom. The zero-order valence-electron chi connectivity index (χ0n) is 10.9. The normalized spacial score (nSPS) is 13.1. The summed E-state index contributed by atoms with van der Waals surface area (Å²) in [5.74, 6) is 0. The van der Waals surface area contributed by atoms with Gasteiger partial charge in [-0.2, -0.15) is 5.10 Å². The Bertz CT molecular complexity index is 517. The number of rotatable bonds is 4. The minimum Gasteiger partial charge on any atom is -0.329 e. The number of aryl methyl sites for hydroxylation is 2. The third-order valence-corrected chi connectivity index (χ3v) is 4.58. The summed E-state index contributed by atoms with van der Waals surface area (Å²) in [6.07, 6.45) is 0. The van der Waals surface area contributed by atoms with Crippen molar-refractivity contribution in [2.24, 2.45) is 12.8 Å². The summed E-state index contributed by atoms with van der Waals surface area (Å²) in [4.78, 5) is 0.238. The van der Waals surface area contributed by atoms with Crippen LogP contribution in [0.4, 0.5) is 0 Å².